The summed E-state index contributed by atoms with van der Waals surface area (Å²) in [7, 11) is 0. The number of rotatable bonds is 3. The summed E-state index contributed by atoms with van der Waals surface area (Å²) in [6.07, 6.45) is 1.97. The summed E-state index contributed by atoms with van der Waals surface area (Å²) in [6, 6.07) is 1.38. The number of hydrogen-bond acceptors (Lipinski definition) is 2. The molecule has 0 unspecified atom stereocenters. The molecule has 1 fully saturated rings. The van der Waals surface area contributed by atoms with Crippen LogP contribution in [0.5, 0.6) is 0 Å². The smallest absolute Gasteiger partial charge is 0.152 e. The molecule has 1 aliphatic heterocycles. The number of piperidine rings is 1. The molecule has 1 aromatic rings. The van der Waals surface area contributed by atoms with E-state index in [-0.39, 0.29) is 5.69 Å². The van der Waals surface area contributed by atoms with Crippen molar-refractivity contribution < 1.29 is 13.2 Å². The molecule has 1 aromatic carbocycles. The van der Waals surface area contributed by atoms with E-state index in [0.717, 1.165) is 25.9 Å². The van der Waals surface area contributed by atoms with Crippen LogP contribution >= 0.6 is 0 Å². The third kappa shape index (κ3) is 3.12. The molecular weight excluding hydrogens is 229 g/mol. The van der Waals surface area contributed by atoms with E-state index in [9.17, 15) is 13.2 Å². The number of nitrogens with one attached hydrogen (secondary N) is 2. The van der Waals surface area contributed by atoms with Gasteiger partial charge in [0.25, 0.3) is 0 Å². The highest BCUT2D eigenvalue weighted by molar-refractivity contribution is 5.46. The number of halogens is 3. The molecule has 0 atom stereocenters. The topological polar surface area (TPSA) is 24.1 Å². The van der Waals surface area contributed by atoms with Gasteiger partial charge in [-0.05, 0) is 31.8 Å². The lowest BCUT2D eigenvalue weighted by molar-refractivity contribution is 0.389. The van der Waals surface area contributed by atoms with Crippen molar-refractivity contribution in [3.05, 3.63) is 29.6 Å². The molecular formula is C12H15F3N2. The predicted octanol–water partition coefficient (Wildman–Crippen LogP) is 2.52. The normalized spacial score (nSPS) is 17.1. The van der Waals surface area contributed by atoms with Gasteiger partial charge in [-0.2, -0.15) is 0 Å². The number of hydrogen-bond donors (Lipinski definition) is 2. The SMILES string of the molecule is Fc1cc(F)c(NCC2CCNCC2)c(F)c1. The van der Waals surface area contributed by atoms with Crippen molar-refractivity contribution >= 4 is 5.69 Å². The van der Waals surface area contributed by atoms with Gasteiger partial charge in [-0.15, -0.1) is 0 Å². The van der Waals surface area contributed by atoms with Gasteiger partial charge in [0, 0.05) is 18.7 Å². The Balaban J connectivity index is 1.98. The molecule has 17 heavy (non-hydrogen) atoms. The highest BCUT2D eigenvalue weighted by Crippen LogP contribution is 2.21. The second-order valence-corrected chi connectivity index (χ2v) is 4.32. The minimum atomic E-state index is -0.896. The first-order valence-electron chi connectivity index (χ1n) is 5.76. The van der Waals surface area contributed by atoms with E-state index in [1.54, 1.807) is 0 Å². The first-order valence-corrected chi connectivity index (χ1v) is 5.76. The third-order valence-electron chi connectivity index (χ3n) is 3.03. The van der Waals surface area contributed by atoms with Gasteiger partial charge in [0.15, 0.2) is 11.6 Å². The van der Waals surface area contributed by atoms with Gasteiger partial charge >= 0.3 is 0 Å². The fourth-order valence-corrected chi connectivity index (χ4v) is 2.04. The van der Waals surface area contributed by atoms with Crippen LogP contribution in [-0.4, -0.2) is 19.6 Å². The zero-order valence-electron chi connectivity index (χ0n) is 9.40. The van der Waals surface area contributed by atoms with Crippen LogP contribution in [0.1, 0.15) is 12.8 Å². The summed E-state index contributed by atoms with van der Waals surface area (Å²) in [5, 5.41) is 5.95. The quantitative estimate of drug-likeness (QED) is 0.853. The fraction of sp³-hybridized carbons (Fsp3) is 0.500. The van der Waals surface area contributed by atoms with Crippen LogP contribution in [0.15, 0.2) is 12.1 Å². The molecule has 0 aliphatic carbocycles. The Labute approximate surface area is 98.2 Å². The minimum absolute atomic E-state index is 0.232. The van der Waals surface area contributed by atoms with Crippen molar-refractivity contribution in [3.63, 3.8) is 0 Å². The van der Waals surface area contributed by atoms with E-state index in [4.69, 9.17) is 0 Å². The molecule has 2 nitrogen and oxygen atoms in total. The minimum Gasteiger partial charge on any atom is -0.380 e. The van der Waals surface area contributed by atoms with Crippen LogP contribution in [0.2, 0.25) is 0 Å². The second-order valence-electron chi connectivity index (χ2n) is 4.32. The second kappa shape index (κ2) is 5.40. The summed E-state index contributed by atoms with van der Waals surface area (Å²) in [5.74, 6) is -2.25. The molecule has 1 aliphatic rings. The van der Waals surface area contributed by atoms with Gasteiger partial charge in [-0.3, -0.25) is 0 Å². The van der Waals surface area contributed by atoms with E-state index in [1.165, 1.54) is 0 Å². The molecule has 1 saturated heterocycles. The molecule has 0 bridgehead atoms. The maximum absolute atomic E-state index is 13.3. The highest BCUT2D eigenvalue weighted by atomic mass is 19.1. The molecule has 94 valence electrons. The summed E-state index contributed by atoms with van der Waals surface area (Å²) < 4.78 is 39.3. The van der Waals surface area contributed by atoms with Gasteiger partial charge in [0.2, 0.25) is 0 Å². The first kappa shape index (κ1) is 12.2. The molecule has 0 amide bonds. The maximum Gasteiger partial charge on any atom is 0.152 e. The Hall–Kier alpha value is -1.23. The van der Waals surface area contributed by atoms with E-state index in [1.807, 2.05) is 0 Å². The summed E-state index contributed by atoms with van der Waals surface area (Å²) in [4.78, 5) is 0. The zero-order chi connectivity index (χ0) is 12.3. The Morgan fingerprint density at radius 2 is 1.71 bits per heavy atom. The van der Waals surface area contributed by atoms with Gasteiger partial charge in [-0.25, -0.2) is 13.2 Å². The molecule has 0 aromatic heterocycles. The largest absolute Gasteiger partial charge is 0.380 e. The fourth-order valence-electron chi connectivity index (χ4n) is 2.04. The van der Waals surface area contributed by atoms with Crippen LogP contribution in [-0.2, 0) is 0 Å². The van der Waals surface area contributed by atoms with Crippen LogP contribution in [0.25, 0.3) is 0 Å². The number of benzene rings is 1. The zero-order valence-corrected chi connectivity index (χ0v) is 9.40. The van der Waals surface area contributed by atoms with Crippen molar-refractivity contribution in [2.24, 2.45) is 5.92 Å². The molecule has 0 spiro atoms. The molecule has 0 radical (unpaired) electrons. The molecule has 0 saturated carbocycles. The maximum atomic E-state index is 13.3. The van der Waals surface area contributed by atoms with E-state index in [0.29, 0.717) is 24.6 Å². The van der Waals surface area contributed by atoms with E-state index in [2.05, 4.69) is 10.6 Å². The van der Waals surface area contributed by atoms with Crippen LogP contribution in [0.3, 0.4) is 0 Å². The van der Waals surface area contributed by atoms with Crippen molar-refractivity contribution in [1.29, 1.82) is 0 Å². The average Bonchev–Trinajstić information content (AvgIpc) is 2.29. The van der Waals surface area contributed by atoms with Gasteiger partial charge < -0.3 is 10.6 Å². The lowest BCUT2D eigenvalue weighted by Crippen LogP contribution is -2.31. The monoisotopic (exact) mass is 244 g/mol. The first-order chi connectivity index (χ1) is 8.16. The average molecular weight is 244 g/mol. The van der Waals surface area contributed by atoms with Gasteiger partial charge in [0.1, 0.15) is 11.5 Å². The Morgan fingerprint density at radius 1 is 1.12 bits per heavy atom. The molecule has 5 heteroatoms. The Kier molecular flexibility index (Phi) is 3.89. The predicted molar refractivity (Wildman–Crippen MR) is 60.4 cm³/mol. The number of anilines is 1. The molecule has 2 rings (SSSR count). The molecule has 1 heterocycles. The summed E-state index contributed by atoms with van der Waals surface area (Å²) in [5.41, 5.74) is -0.232. The highest BCUT2D eigenvalue weighted by Gasteiger charge is 2.15. The molecule has 2 N–H and O–H groups in total. The lowest BCUT2D eigenvalue weighted by atomic mass is 9.98. The Bertz CT molecular complexity index is 366. The van der Waals surface area contributed by atoms with Crippen LogP contribution in [0.4, 0.5) is 18.9 Å². The lowest BCUT2D eigenvalue weighted by Gasteiger charge is -2.23. The van der Waals surface area contributed by atoms with Crippen molar-refractivity contribution in [1.82, 2.24) is 5.32 Å². The van der Waals surface area contributed by atoms with E-state index < -0.39 is 17.5 Å². The van der Waals surface area contributed by atoms with Crippen LogP contribution < -0.4 is 10.6 Å². The summed E-state index contributed by atoms with van der Waals surface area (Å²) >= 11 is 0. The van der Waals surface area contributed by atoms with Crippen LogP contribution in [0, 0.1) is 23.4 Å². The van der Waals surface area contributed by atoms with Gasteiger partial charge in [0.05, 0.1) is 0 Å². The van der Waals surface area contributed by atoms with Crippen molar-refractivity contribution in [2.45, 2.75) is 12.8 Å². The van der Waals surface area contributed by atoms with Crippen molar-refractivity contribution in [3.8, 4) is 0 Å². The Morgan fingerprint density at radius 3 is 2.29 bits per heavy atom. The summed E-state index contributed by atoms with van der Waals surface area (Å²) in [6.45, 7) is 2.38. The van der Waals surface area contributed by atoms with Crippen molar-refractivity contribution in [2.75, 3.05) is 25.0 Å². The third-order valence-corrected chi connectivity index (χ3v) is 3.03. The van der Waals surface area contributed by atoms with Gasteiger partial charge in [-0.1, -0.05) is 0 Å². The standard InChI is InChI=1S/C12H15F3N2/c13-9-5-10(14)12(11(15)6-9)17-7-8-1-3-16-4-2-8/h5-6,8,16-17H,1-4,7H2. The van der Waals surface area contributed by atoms with E-state index >= 15 is 0 Å².